The van der Waals surface area contributed by atoms with E-state index in [0.29, 0.717) is 34.9 Å². The Morgan fingerprint density at radius 2 is 2.08 bits per heavy atom. The lowest BCUT2D eigenvalue weighted by molar-refractivity contribution is -0.136. The number of hydrogen-bond donors (Lipinski definition) is 2. The maximum absolute atomic E-state index is 12.1. The first-order valence-corrected chi connectivity index (χ1v) is 7.30. The van der Waals surface area contributed by atoms with Gasteiger partial charge in [0.1, 0.15) is 6.61 Å². The summed E-state index contributed by atoms with van der Waals surface area (Å²) >= 11 is 0. The van der Waals surface area contributed by atoms with Crippen molar-refractivity contribution < 1.29 is 23.8 Å². The number of carbonyl (C=O) groups is 2. The quantitative estimate of drug-likeness (QED) is 0.615. The number of carbonyl (C=O) groups excluding carboxylic acids is 2. The van der Waals surface area contributed by atoms with Gasteiger partial charge in [-0.2, -0.15) is 0 Å². The van der Waals surface area contributed by atoms with Crippen LogP contribution in [-0.4, -0.2) is 32.8 Å². The van der Waals surface area contributed by atoms with Gasteiger partial charge in [-0.1, -0.05) is 18.7 Å². The van der Waals surface area contributed by atoms with E-state index in [1.54, 1.807) is 31.2 Å². The number of allylic oxidation sites excluding steroid dienone is 1. The third kappa shape index (κ3) is 3.51. The molecule has 1 heterocycles. The molecule has 1 aliphatic rings. The SMILES string of the molecule is C=CCOc1ccc([C@H]2NC(=O)NC(C)=C2C(=O)OC)cc1OC. The second-order valence-corrected chi connectivity index (χ2v) is 5.07. The molecule has 1 aromatic rings. The molecule has 0 aromatic heterocycles. The molecular weight excluding hydrogens is 312 g/mol. The number of ether oxygens (including phenoxy) is 3. The Balaban J connectivity index is 2.44. The van der Waals surface area contributed by atoms with Gasteiger partial charge in [0.05, 0.1) is 25.8 Å². The topological polar surface area (TPSA) is 85.9 Å². The lowest BCUT2D eigenvalue weighted by Gasteiger charge is -2.28. The van der Waals surface area contributed by atoms with E-state index >= 15 is 0 Å². The van der Waals surface area contributed by atoms with Crippen molar-refractivity contribution in [2.24, 2.45) is 0 Å². The molecule has 0 saturated carbocycles. The van der Waals surface area contributed by atoms with E-state index in [0.717, 1.165) is 0 Å². The second-order valence-electron chi connectivity index (χ2n) is 5.07. The molecular formula is C17H20N2O5. The van der Waals surface area contributed by atoms with Crippen LogP contribution in [0.4, 0.5) is 4.79 Å². The van der Waals surface area contributed by atoms with Crippen molar-refractivity contribution in [1.82, 2.24) is 10.6 Å². The average Bonchev–Trinajstić information content (AvgIpc) is 2.58. The molecule has 0 saturated heterocycles. The van der Waals surface area contributed by atoms with E-state index in [1.807, 2.05) is 0 Å². The fourth-order valence-electron chi connectivity index (χ4n) is 2.46. The molecule has 128 valence electrons. The van der Waals surface area contributed by atoms with Crippen LogP contribution in [0.1, 0.15) is 18.5 Å². The Morgan fingerprint density at radius 1 is 1.33 bits per heavy atom. The first kappa shape index (κ1) is 17.4. The standard InChI is InChI=1S/C17H20N2O5/c1-5-8-24-12-7-6-11(9-13(12)22-3)15-14(16(20)23-4)10(2)18-17(21)19-15/h5-7,9,15H,1,8H2,2-4H3,(H2,18,19,21)/t15-/m1/s1. The van der Waals surface area contributed by atoms with E-state index < -0.39 is 18.0 Å². The van der Waals surface area contributed by atoms with E-state index in [2.05, 4.69) is 17.2 Å². The Kier molecular flexibility index (Phi) is 5.47. The monoisotopic (exact) mass is 332 g/mol. The van der Waals surface area contributed by atoms with Gasteiger partial charge in [0.15, 0.2) is 11.5 Å². The predicted octanol–water partition coefficient (Wildman–Crippen LogP) is 2.06. The van der Waals surface area contributed by atoms with Gasteiger partial charge < -0.3 is 24.8 Å². The number of nitrogens with one attached hydrogen (secondary N) is 2. The molecule has 1 aromatic carbocycles. The number of urea groups is 1. The number of amides is 2. The smallest absolute Gasteiger partial charge is 0.337 e. The number of esters is 1. The second kappa shape index (κ2) is 7.54. The molecule has 0 radical (unpaired) electrons. The van der Waals surface area contributed by atoms with Gasteiger partial charge in [0, 0.05) is 5.70 Å². The maximum atomic E-state index is 12.1. The molecule has 0 bridgehead atoms. The van der Waals surface area contributed by atoms with Crippen LogP contribution in [0.15, 0.2) is 42.1 Å². The van der Waals surface area contributed by atoms with Gasteiger partial charge in [-0.25, -0.2) is 9.59 Å². The molecule has 2 rings (SSSR count). The van der Waals surface area contributed by atoms with Gasteiger partial charge in [-0.3, -0.25) is 0 Å². The zero-order valence-corrected chi connectivity index (χ0v) is 13.8. The van der Waals surface area contributed by atoms with Crippen LogP contribution < -0.4 is 20.1 Å². The minimum Gasteiger partial charge on any atom is -0.493 e. The van der Waals surface area contributed by atoms with Crippen molar-refractivity contribution in [3.8, 4) is 11.5 Å². The van der Waals surface area contributed by atoms with Gasteiger partial charge in [0.25, 0.3) is 0 Å². The first-order valence-electron chi connectivity index (χ1n) is 7.30. The summed E-state index contributed by atoms with van der Waals surface area (Å²) < 4.78 is 15.7. The Bertz CT molecular complexity index is 696. The summed E-state index contributed by atoms with van der Waals surface area (Å²) in [7, 11) is 2.81. The van der Waals surface area contributed by atoms with Gasteiger partial charge in [-0.05, 0) is 24.6 Å². The third-order valence-electron chi connectivity index (χ3n) is 3.55. The highest BCUT2D eigenvalue weighted by molar-refractivity contribution is 5.94. The molecule has 0 fully saturated rings. The van der Waals surface area contributed by atoms with E-state index in [-0.39, 0.29) is 0 Å². The normalized spacial score (nSPS) is 16.8. The summed E-state index contributed by atoms with van der Waals surface area (Å²) in [6.45, 7) is 5.59. The van der Waals surface area contributed by atoms with Crippen LogP contribution in [0.2, 0.25) is 0 Å². The van der Waals surface area contributed by atoms with Crippen LogP contribution in [0, 0.1) is 0 Å². The summed E-state index contributed by atoms with van der Waals surface area (Å²) in [6, 6.07) is 4.15. The zero-order chi connectivity index (χ0) is 17.7. The Morgan fingerprint density at radius 3 is 2.71 bits per heavy atom. The summed E-state index contributed by atoms with van der Waals surface area (Å²) in [5, 5.41) is 5.29. The van der Waals surface area contributed by atoms with Gasteiger partial charge in [0.2, 0.25) is 0 Å². The lowest BCUT2D eigenvalue weighted by atomic mass is 9.95. The fourth-order valence-corrected chi connectivity index (χ4v) is 2.46. The summed E-state index contributed by atoms with van der Waals surface area (Å²) in [5.74, 6) is 0.515. The molecule has 1 atom stereocenters. The van der Waals surface area contributed by atoms with Crippen LogP contribution in [0.5, 0.6) is 11.5 Å². The van der Waals surface area contributed by atoms with Crippen molar-refractivity contribution >= 4 is 12.0 Å². The molecule has 1 aliphatic heterocycles. The Labute approximate surface area is 140 Å². The minimum absolute atomic E-state index is 0.332. The summed E-state index contributed by atoms with van der Waals surface area (Å²) in [4.78, 5) is 23.9. The van der Waals surface area contributed by atoms with Crippen LogP contribution in [0.25, 0.3) is 0 Å². The number of methoxy groups -OCH3 is 2. The molecule has 0 aliphatic carbocycles. The predicted molar refractivity (Wildman–Crippen MR) is 87.8 cm³/mol. The number of benzene rings is 1. The van der Waals surface area contributed by atoms with Crippen LogP contribution >= 0.6 is 0 Å². The summed E-state index contributed by atoms with van der Waals surface area (Å²) in [6.07, 6.45) is 1.63. The van der Waals surface area contributed by atoms with Crippen molar-refractivity contribution in [1.29, 1.82) is 0 Å². The van der Waals surface area contributed by atoms with E-state index in [9.17, 15) is 9.59 Å². The van der Waals surface area contributed by atoms with Crippen LogP contribution in [0.3, 0.4) is 0 Å². The van der Waals surface area contributed by atoms with Crippen molar-refractivity contribution in [3.63, 3.8) is 0 Å². The maximum Gasteiger partial charge on any atom is 0.337 e. The molecule has 2 N–H and O–H groups in total. The highest BCUT2D eigenvalue weighted by Crippen LogP contribution is 2.34. The molecule has 24 heavy (non-hydrogen) atoms. The van der Waals surface area contributed by atoms with E-state index in [4.69, 9.17) is 14.2 Å². The highest BCUT2D eigenvalue weighted by atomic mass is 16.5. The van der Waals surface area contributed by atoms with Crippen LogP contribution in [-0.2, 0) is 9.53 Å². The number of rotatable bonds is 6. The van der Waals surface area contributed by atoms with Gasteiger partial charge >= 0.3 is 12.0 Å². The number of hydrogen-bond acceptors (Lipinski definition) is 5. The first-order chi connectivity index (χ1) is 11.5. The van der Waals surface area contributed by atoms with Crippen molar-refractivity contribution in [2.75, 3.05) is 20.8 Å². The summed E-state index contributed by atoms with van der Waals surface area (Å²) in [5.41, 5.74) is 1.45. The molecule has 2 amide bonds. The lowest BCUT2D eigenvalue weighted by Crippen LogP contribution is -2.45. The average molecular weight is 332 g/mol. The van der Waals surface area contributed by atoms with Crippen molar-refractivity contribution in [2.45, 2.75) is 13.0 Å². The molecule has 7 heteroatoms. The van der Waals surface area contributed by atoms with Crippen molar-refractivity contribution in [3.05, 3.63) is 47.7 Å². The Hall–Kier alpha value is -2.96. The largest absolute Gasteiger partial charge is 0.493 e. The molecule has 7 nitrogen and oxygen atoms in total. The molecule has 0 unspecified atom stereocenters. The van der Waals surface area contributed by atoms with Gasteiger partial charge in [-0.15, -0.1) is 0 Å². The molecule has 0 spiro atoms. The fraction of sp³-hybridized carbons (Fsp3) is 0.294. The highest BCUT2D eigenvalue weighted by Gasteiger charge is 2.32. The zero-order valence-electron chi connectivity index (χ0n) is 13.8. The van der Waals surface area contributed by atoms with E-state index in [1.165, 1.54) is 14.2 Å². The minimum atomic E-state index is -0.645. The third-order valence-corrected chi connectivity index (χ3v) is 3.55.